The van der Waals surface area contributed by atoms with E-state index in [2.05, 4.69) is 0 Å². The van der Waals surface area contributed by atoms with Crippen LogP contribution in [0.1, 0.15) is 46.5 Å². The molecule has 1 fully saturated rings. The third-order valence-corrected chi connectivity index (χ3v) is 6.79. The van der Waals surface area contributed by atoms with Gasteiger partial charge in [-0.2, -0.15) is 5.01 Å². The molecule has 0 aromatic heterocycles. The number of hydrogen-bond acceptors (Lipinski definition) is 4. The van der Waals surface area contributed by atoms with Gasteiger partial charge in [-0.25, -0.2) is 5.01 Å². The summed E-state index contributed by atoms with van der Waals surface area (Å²) in [5, 5.41) is 2.06. The Hall–Kier alpha value is -3.25. The van der Waals surface area contributed by atoms with Crippen LogP contribution in [0.2, 0.25) is 5.02 Å². The van der Waals surface area contributed by atoms with E-state index in [0.717, 1.165) is 15.6 Å². The van der Waals surface area contributed by atoms with Gasteiger partial charge < -0.3 is 0 Å². The van der Waals surface area contributed by atoms with Crippen molar-refractivity contribution in [1.29, 1.82) is 0 Å². The van der Waals surface area contributed by atoms with Crippen molar-refractivity contribution < 1.29 is 19.2 Å². The van der Waals surface area contributed by atoms with E-state index in [0.29, 0.717) is 12.0 Å². The number of hydrogen-bond donors (Lipinski definition) is 0. The summed E-state index contributed by atoms with van der Waals surface area (Å²) in [7, 11) is 0. The first-order chi connectivity index (χ1) is 15.7. The number of nitrogens with zero attached hydrogens (tertiary/aromatic N) is 2. The van der Waals surface area contributed by atoms with Crippen LogP contribution in [-0.4, -0.2) is 39.6 Å². The molecule has 7 heteroatoms. The molecule has 170 valence electrons. The molecule has 0 bridgehead atoms. The van der Waals surface area contributed by atoms with Crippen molar-refractivity contribution in [2.75, 3.05) is 0 Å². The maximum atomic E-state index is 13.7. The van der Waals surface area contributed by atoms with Crippen LogP contribution in [0, 0.1) is 24.7 Å². The average Bonchev–Trinajstić information content (AvgIpc) is 3.05. The number of Topliss-reactive ketones (excluding diaryl/α,β-unsaturated/α-hetero) is 1. The number of amides is 3. The highest BCUT2D eigenvalue weighted by Crippen LogP contribution is 2.40. The molecule has 0 unspecified atom stereocenters. The van der Waals surface area contributed by atoms with Crippen LogP contribution in [0.5, 0.6) is 0 Å². The van der Waals surface area contributed by atoms with E-state index < -0.39 is 35.6 Å². The SMILES string of the molecule is Cc1ccc(C(=O)[C@H](C)N(C(=O)c2ccccc2Cl)N2C(=O)[C@H]3[C@H](C)C=CC[C@H]3C2=O)cc1. The Labute approximate surface area is 197 Å². The number of hydrazine groups is 1. The summed E-state index contributed by atoms with van der Waals surface area (Å²) in [6, 6.07) is 12.2. The molecule has 4 atom stereocenters. The van der Waals surface area contributed by atoms with E-state index in [4.69, 9.17) is 11.6 Å². The number of allylic oxidation sites excluding steroid dienone is 2. The molecule has 0 saturated carbocycles. The van der Waals surface area contributed by atoms with Gasteiger partial charge in [-0.1, -0.05) is 72.6 Å². The quantitative estimate of drug-likeness (QED) is 0.371. The molecule has 2 aliphatic rings. The fourth-order valence-corrected chi connectivity index (χ4v) is 4.83. The number of imide groups is 1. The highest BCUT2D eigenvalue weighted by Gasteiger charge is 2.54. The topological polar surface area (TPSA) is 74.8 Å². The minimum atomic E-state index is -1.10. The number of benzene rings is 2. The van der Waals surface area contributed by atoms with Gasteiger partial charge in [0.15, 0.2) is 5.78 Å². The second-order valence-corrected chi connectivity index (χ2v) is 9.09. The van der Waals surface area contributed by atoms with E-state index in [1.807, 2.05) is 26.0 Å². The molecule has 0 N–H and O–H groups in total. The summed E-state index contributed by atoms with van der Waals surface area (Å²) in [6.07, 6.45) is 4.23. The Morgan fingerprint density at radius 1 is 1.06 bits per heavy atom. The zero-order valence-corrected chi connectivity index (χ0v) is 19.5. The molecule has 0 spiro atoms. The van der Waals surface area contributed by atoms with Gasteiger partial charge in [0.25, 0.3) is 17.7 Å². The van der Waals surface area contributed by atoms with Crippen LogP contribution < -0.4 is 0 Å². The number of halogens is 1. The minimum Gasteiger partial charge on any atom is -0.292 e. The molecule has 3 amide bonds. The lowest BCUT2D eigenvalue weighted by molar-refractivity contribution is -0.156. The van der Waals surface area contributed by atoms with Crippen LogP contribution >= 0.6 is 11.6 Å². The van der Waals surface area contributed by atoms with Gasteiger partial charge >= 0.3 is 0 Å². The van der Waals surface area contributed by atoms with Crippen molar-refractivity contribution in [3.05, 3.63) is 82.4 Å². The zero-order valence-electron chi connectivity index (χ0n) is 18.7. The minimum absolute atomic E-state index is 0.115. The molecule has 1 heterocycles. The van der Waals surface area contributed by atoms with Gasteiger partial charge in [0.1, 0.15) is 6.04 Å². The molecule has 2 aromatic rings. The number of aryl methyl sites for hydroxylation is 1. The highest BCUT2D eigenvalue weighted by molar-refractivity contribution is 6.34. The largest absolute Gasteiger partial charge is 0.292 e. The van der Waals surface area contributed by atoms with E-state index >= 15 is 0 Å². The Balaban J connectivity index is 1.78. The van der Waals surface area contributed by atoms with E-state index in [1.54, 1.807) is 42.5 Å². The number of ketones is 1. The van der Waals surface area contributed by atoms with Crippen LogP contribution in [0.15, 0.2) is 60.7 Å². The van der Waals surface area contributed by atoms with Gasteiger partial charge in [0.2, 0.25) is 0 Å². The Morgan fingerprint density at radius 3 is 2.36 bits per heavy atom. The standard InChI is InChI=1S/C26H25ClN2O4/c1-15-11-13-18(14-12-15)23(30)17(3)28(24(31)19-8-4-5-10-21(19)27)29-25(32)20-9-6-7-16(2)22(20)26(29)33/h4-8,10-14,16-17,20,22H,9H2,1-3H3/t16-,17+,20-,22+/m1/s1. The lowest BCUT2D eigenvalue weighted by atomic mass is 9.78. The highest BCUT2D eigenvalue weighted by atomic mass is 35.5. The lowest BCUT2D eigenvalue weighted by Gasteiger charge is -2.35. The molecule has 1 aliphatic heterocycles. The van der Waals surface area contributed by atoms with Crippen molar-refractivity contribution in [2.45, 2.75) is 33.2 Å². The first kappa shape index (κ1) is 22.9. The molecule has 6 nitrogen and oxygen atoms in total. The van der Waals surface area contributed by atoms with Crippen LogP contribution in [0.3, 0.4) is 0 Å². The summed E-state index contributed by atoms with van der Waals surface area (Å²) in [4.78, 5) is 53.9. The van der Waals surface area contributed by atoms with E-state index in [9.17, 15) is 19.2 Å². The summed E-state index contributed by atoms with van der Waals surface area (Å²) >= 11 is 6.28. The van der Waals surface area contributed by atoms with Gasteiger partial charge in [-0.05, 0) is 38.3 Å². The van der Waals surface area contributed by atoms with Gasteiger partial charge in [-0.3, -0.25) is 19.2 Å². The van der Waals surface area contributed by atoms with Crippen molar-refractivity contribution in [2.24, 2.45) is 17.8 Å². The van der Waals surface area contributed by atoms with Gasteiger partial charge in [0.05, 0.1) is 22.4 Å². The number of rotatable bonds is 5. The molecule has 0 radical (unpaired) electrons. The van der Waals surface area contributed by atoms with Crippen molar-refractivity contribution in [3.63, 3.8) is 0 Å². The predicted molar refractivity (Wildman–Crippen MR) is 124 cm³/mol. The van der Waals surface area contributed by atoms with E-state index in [1.165, 1.54) is 13.0 Å². The maximum Gasteiger partial charge on any atom is 0.275 e. The number of fused-ring (bicyclic) bond motifs is 1. The maximum absolute atomic E-state index is 13.7. The van der Waals surface area contributed by atoms with Crippen LogP contribution in [0.4, 0.5) is 0 Å². The third-order valence-electron chi connectivity index (χ3n) is 6.46. The second kappa shape index (κ2) is 8.94. The molecule has 4 rings (SSSR count). The predicted octanol–water partition coefficient (Wildman–Crippen LogP) is 4.47. The lowest BCUT2D eigenvalue weighted by Crippen LogP contribution is -2.56. The fourth-order valence-electron chi connectivity index (χ4n) is 4.61. The third kappa shape index (κ3) is 4.00. The van der Waals surface area contributed by atoms with Crippen LogP contribution in [0.25, 0.3) is 0 Å². The Bertz CT molecular complexity index is 1160. The molecule has 1 aliphatic carbocycles. The van der Waals surface area contributed by atoms with Crippen LogP contribution in [-0.2, 0) is 9.59 Å². The summed E-state index contributed by atoms with van der Waals surface area (Å²) in [6.45, 7) is 5.31. The Morgan fingerprint density at radius 2 is 1.73 bits per heavy atom. The van der Waals surface area contributed by atoms with E-state index in [-0.39, 0.29) is 22.3 Å². The van der Waals surface area contributed by atoms with Gasteiger partial charge in [-0.15, -0.1) is 0 Å². The molecule has 1 saturated heterocycles. The first-order valence-corrected chi connectivity index (χ1v) is 11.3. The zero-order chi connectivity index (χ0) is 23.9. The van der Waals surface area contributed by atoms with Crippen molar-refractivity contribution in [1.82, 2.24) is 10.0 Å². The molecule has 2 aromatic carbocycles. The number of carbonyl (C=O) groups is 4. The second-order valence-electron chi connectivity index (χ2n) is 8.68. The molecule has 33 heavy (non-hydrogen) atoms. The average molecular weight is 465 g/mol. The molecular weight excluding hydrogens is 440 g/mol. The van der Waals surface area contributed by atoms with Crippen molar-refractivity contribution in [3.8, 4) is 0 Å². The van der Waals surface area contributed by atoms with Crippen molar-refractivity contribution >= 4 is 35.1 Å². The first-order valence-electron chi connectivity index (χ1n) is 11.0. The fraction of sp³-hybridized carbons (Fsp3) is 0.308. The summed E-state index contributed by atoms with van der Waals surface area (Å²) in [5.41, 5.74) is 1.49. The summed E-state index contributed by atoms with van der Waals surface area (Å²) < 4.78 is 0. The number of carbonyl (C=O) groups excluding carboxylic acids is 4. The Kier molecular flexibility index (Phi) is 6.21. The molecular formula is C26H25ClN2O4. The summed E-state index contributed by atoms with van der Waals surface area (Å²) in [5.74, 6) is -3.25. The monoisotopic (exact) mass is 464 g/mol. The normalized spacial score (nSPS) is 22.8. The smallest absolute Gasteiger partial charge is 0.275 e. The van der Waals surface area contributed by atoms with Gasteiger partial charge in [0, 0.05) is 5.56 Å².